The van der Waals surface area contributed by atoms with Gasteiger partial charge in [0.2, 0.25) is 0 Å². The molecule has 0 saturated heterocycles. The lowest BCUT2D eigenvalue weighted by atomic mass is 9.84. The second-order valence-electron chi connectivity index (χ2n) is 5.43. The van der Waals surface area contributed by atoms with Crippen molar-refractivity contribution in [2.24, 2.45) is 17.1 Å². The van der Waals surface area contributed by atoms with Gasteiger partial charge in [0.05, 0.1) is 0 Å². The largest absolute Gasteiger partial charge is 0.330 e. The predicted octanol–water partition coefficient (Wildman–Crippen LogP) is 2.00. The summed E-state index contributed by atoms with van der Waals surface area (Å²) < 4.78 is 0. The normalized spacial score (nSPS) is 15.0. The molecule has 1 atom stereocenters. The van der Waals surface area contributed by atoms with Crippen molar-refractivity contribution in [1.82, 2.24) is 5.32 Å². The first kappa shape index (κ1) is 12.9. The van der Waals surface area contributed by atoms with Crippen LogP contribution in [-0.4, -0.2) is 19.1 Å². The Morgan fingerprint density at radius 3 is 2.08 bits per heavy atom. The maximum atomic E-state index is 5.73. The molecule has 0 fully saturated rings. The third-order valence-corrected chi connectivity index (χ3v) is 2.05. The smallest absolute Gasteiger partial charge is 0.00105 e. The highest BCUT2D eigenvalue weighted by atomic mass is 14.9. The summed E-state index contributed by atoms with van der Waals surface area (Å²) >= 11 is 0. The summed E-state index contributed by atoms with van der Waals surface area (Å²) in [7, 11) is 0. The van der Waals surface area contributed by atoms with Gasteiger partial charge in [-0.25, -0.2) is 0 Å². The maximum Gasteiger partial charge on any atom is 0.00105 e. The standard InChI is InChI=1S/C11H26N2/c1-9(2)13-8-10(7-12)6-11(3,4)5/h9-10,13H,6-8,12H2,1-5H3. The molecule has 0 aliphatic heterocycles. The van der Waals surface area contributed by atoms with Crippen LogP contribution in [0.1, 0.15) is 41.0 Å². The number of nitrogens with two attached hydrogens (primary N) is 1. The molecule has 2 nitrogen and oxygen atoms in total. The van der Waals surface area contributed by atoms with E-state index in [0.29, 0.717) is 17.4 Å². The number of hydrogen-bond acceptors (Lipinski definition) is 2. The third kappa shape index (κ3) is 8.26. The minimum atomic E-state index is 0.392. The SMILES string of the molecule is CC(C)NCC(CN)CC(C)(C)C. The van der Waals surface area contributed by atoms with E-state index in [9.17, 15) is 0 Å². The number of hydrogen-bond donors (Lipinski definition) is 2. The number of nitrogens with one attached hydrogen (secondary N) is 1. The minimum absolute atomic E-state index is 0.392. The van der Waals surface area contributed by atoms with E-state index in [-0.39, 0.29) is 0 Å². The highest BCUT2D eigenvalue weighted by molar-refractivity contribution is 4.72. The van der Waals surface area contributed by atoms with Crippen molar-refractivity contribution in [2.45, 2.75) is 47.1 Å². The summed E-state index contributed by atoms with van der Waals surface area (Å²) in [6.45, 7) is 13.0. The average molecular weight is 186 g/mol. The Kier molecular flexibility index (Phi) is 5.57. The van der Waals surface area contributed by atoms with Crippen molar-refractivity contribution in [3.63, 3.8) is 0 Å². The van der Waals surface area contributed by atoms with Crippen LogP contribution in [0.15, 0.2) is 0 Å². The maximum absolute atomic E-state index is 5.73. The molecule has 3 N–H and O–H groups in total. The summed E-state index contributed by atoms with van der Waals surface area (Å²) in [4.78, 5) is 0. The van der Waals surface area contributed by atoms with E-state index in [2.05, 4.69) is 39.9 Å². The van der Waals surface area contributed by atoms with Crippen molar-refractivity contribution < 1.29 is 0 Å². The Balaban J connectivity index is 3.76. The Morgan fingerprint density at radius 1 is 1.23 bits per heavy atom. The van der Waals surface area contributed by atoms with Crippen molar-refractivity contribution in [3.8, 4) is 0 Å². The highest BCUT2D eigenvalue weighted by Crippen LogP contribution is 2.23. The monoisotopic (exact) mass is 186 g/mol. The average Bonchev–Trinajstić information content (AvgIpc) is 1.95. The van der Waals surface area contributed by atoms with Crippen molar-refractivity contribution in [3.05, 3.63) is 0 Å². The van der Waals surface area contributed by atoms with Crippen molar-refractivity contribution >= 4 is 0 Å². The molecule has 2 heteroatoms. The van der Waals surface area contributed by atoms with E-state index in [1.165, 1.54) is 6.42 Å². The Hall–Kier alpha value is -0.0800. The zero-order chi connectivity index (χ0) is 10.5. The van der Waals surface area contributed by atoms with Crippen LogP contribution < -0.4 is 11.1 Å². The van der Waals surface area contributed by atoms with Gasteiger partial charge in [-0.1, -0.05) is 34.6 Å². The van der Waals surface area contributed by atoms with Crippen LogP contribution in [0.25, 0.3) is 0 Å². The Bertz CT molecular complexity index is 125. The van der Waals surface area contributed by atoms with Crippen LogP contribution in [0.2, 0.25) is 0 Å². The molecule has 0 radical (unpaired) electrons. The van der Waals surface area contributed by atoms with Gasteiger partial charge < -0.3 is 11.1 Å². The van der Waals surface area contributed by atoms with Gasteiger partial charge >= 0.3 is 0 Å². The van der Waals surface area contributed by atoms with Crippen LogP contribution in [0.5, 0.6) is 0 Å². The molecule has 0 aromatic carbocycles. The van der Waals surface area contributed by atoms with Gasteiger partial charge in [0.15, 0.2) is 0 Å². The molecule has 13 heavy (non-hydrogen) atoms. The molecular formula is C11H26N2. The lowest BCUT2D eigenvalue weighted by Crippen LogP contribution is -2.34. The molecule has 0 bridgehead atoms. The fraction of sp³-hybridized carbons (Fsp3) is 1.00. The fourth-order valence-corrected chi connectivity index (χ4v) is 1.51. The summed E-state index contributed by atoms with van der Waals surface area (Å²) in [6.07, 6.45) is 1.20. The highest BCUT2D eigenvalue weighted by Gasteiger charge is 2.17. The first-order valence-corrected chi connectivity index (χ1v) is 5.28. The lowest BCUT2D eigenvalue weighted by molar-refractivity contribution is 0.286. The summed E-state index contributed by atoms with van der Waals surface area (Å²) in [5.41, 5.74) is 6.12. The van der Waals surface area contributed by atoms with Gasteiger partial charge in [-0.15, -0.1) is 0 Å². The molecule has 0 spiro atoms. The third-order valence-electron chi connectivity index (χ3n) is 2.05. The first-order valence-electron chi connectivity index (χ1n) is 5.28. The molecule has 0 aliphatic carbocycles. The van der Waals surface area contributed by atoms with Gasteiger partial charge in [-0.3, -0.25) is 0 Å². The van der Waals surface area contributed by atoms with Gasteiger partial charge in [0, 0.05) is 6.04 Å². The topological polar surface area (TPSA) is 38.0 Å². The second kappa shape index (κ2) is 5.61. The van der Waals surface area contributed by atoms with Crippen LogP contribution in [-0.2, 0) is 0 Å². The summed E-state index contributed by atoms with van der Waals surface area (Å²) in [5.74, 6) is 0.613. The molecule has 0 aliphatic rings. The van der Waals surface area contributed by atoms with E-state index in [1.807, 2.05) is 0 Å². The van der Waals surface area contributed by atoms with Gasteiger partial charge in [0.1, 0.15) is 0 Å². The molecule has 1 unspecified atom stereocenters. The molecule has 0 amide bonds. The quantitative estimate of drug-likeness (QED) is 0.689. The molecule has 0 saturated carbocycles. The number of rotatable bonds is 5. The molecule has 0 aromatic rings. The van der Waals surface area contributed by atoms with Crippen LogP contribution in [0, 0.1) is 11.3 Å². The minimum Gasteiger partial charge on any atom is -0.330 e. The van der Waals surface area contributed by atoms with E-state index >= 15 is 0 Å². The van der Waals surface area contributed by atoms with E-state index in [0.717, 1.165) is 13.1 Å². The zero-order valence-corrected chi connectivity index (χ0v) is 9.85. The van der Waals surface area contributed by atoms with Crippen molar-refractivity contribution in [2.75, 3.05) is 13.1 Å². The molecule has 0 aromatic heterocycles. The Labute approximate surface area is 83.3 Å². The van der Waals surface area contributed by atoms with Gasteiger partial charge in [-0.2, -0.15) is 0 Å². The van der Waals surface area contributed by atoms with Gasteiger partial charge in [0.25, 0.3) is 0 Å². The summed E-state index contributed by atoms with van der Waals surface area (Å²) in [6, 6.07) is 0.564. The Morgan fingerprint density at radius 2 is 1.77 bits per heavy atom. The first-order chi connectivity index (χ1) is 5.85. The predicted molar refractivity (Wildman–Crippen MR) is 59.8 cm³/mol. The van der Waals surface area contributed by atoms with E-state index in [4.69, 9.17) is 5.73 Å². The fourth-order valence-electron chi connectivity index (χ4n) is 1.51. The second-order valence-corrected chi connectivity index (χ2v) is 5.43. The summed E-state index contributed by atoms with van der Waals surface area (Å²) in [5, 5.41) is 3.44. The van der Waals surface area contributed by atoms with Gasteiger partial charge in [-0.05, 0) is 30.8 Å². The van der Waals surface area contributed by atoms with E-state index < -0.39 is 0 Å². The van der Waals surface area contributed by atoms with Crippen LogP contribution in [0.3, 0.4) is 0 Å². The van der Waals surface area contributed by atoms with Crippen LogP contribution in [0.4, 0.5) is 0 Å². The molecule has 80 valence electrons. The molecule has 0 rings (SSSR count). The molecule has 0 heterocycles. The van der Waals surface area contributed by atoms with Crippen molar-refractivity contribution in [1.29, 1.82) is 0 Å². The lowest BCUT2D eigenvalue weighted by Gasteiger charge is -2.26. The molecular weight excluding hydrogens is 160 g/mol. The van der Waals surface area contributed by atoms with Crippen LogP contribution >= 0.6 is 0 Å². The zero-order valence-electron chi connectivity index (χ0n) is 9.85. The van der Waals surface area contributed by atoms with E-state index in [1.54, 1.807) is 0 Å².